The monoisotopic (exact) mass is 167 g/mol. The summed E-state index contributed by atoms with van der Waals surface area (Å²) in [6.07, 6.45) is 4.56. The molecule has 0 bridgehead atoms. The van der Waals surface area contributed by atoms with Crippen LogP contribution in [0.25, 0.3) is 0 Å². The SMILES string of the molecule is CC(C)(C)NCC1CC1C1CC1. The zero-order valence-electron chi connectivity index (χ0n) is 8.56. The second kappa shape index (κ2) is 2.73. The van der Waals surface area contributed by atoms with Crippen LogP contribution in [0.3, 0.4) is 0 Å². The van der Waals surface area contributed by atoms with Crippen LogP contribution in [0.2, 0.25) is 0 Å². The van der Waals surface area contributed by atoms with Crippen molar-refractivity contribution in [3.8, 4) is 0 Å². The maximum Gasteiger partial charge on any atom is 0.00966 e. The first-order chi connectivity index (χ1) is 5.56. The van der Waals surface area contributed by atoms with E-state index < -0.39 is 0 Å². The average molecular weight is 167 g/mol. The topological polar surface area (TPSA) is 12.0 Å². The Hall–Kier alpha value is -0.0400. The van der Waals surface area contributed by atoms with Gasteiger partial charge in [-0.25, -0.2) is 0 Å². The standard InChI is InChI=1S/C11H21N/c1-11(2,3)12-7-9-6-10(9)8-4-5-8/h8-10,12H,4-7H2,1-3H3. The molecule has 0 aromatic heterocycles. The van der Waals surface area contributed by atoms with Gasteiger partial charge in [-0.1, -0.05) is 0 Å². The second-order valence-corrected chi connectivity index (χ2v) is 5.63. The van der Waals surface area contributed by atoms with Crippen molar-refractivity contribution >= 4 is 0 Å². The third-order valence-corrected chi connectivity index (χ3v) is 3.10. The number of nitrogens with one attached hydrogen (secondary N) is 1. The summed E-state index contributed by atoms with van der Waals surface area (Å²) in [5, 5.41) is 3.60. The molecule has 0 spiro atoms. The molecule has 2 unspecified atom stereocenters. The molecule has 70 valence electrons. The zero-order valence-corrected chi connectivity index (χ0v) is 8.56. The van der Waals surface area contributed by atoms with Gasteiger partial charge in [0.15, 0.2) is 0 Å². The average Bonchev–Trinajstić information content (AvgIpc) is 2.78. The number of hydrogen-bond donors (Lipinski definition) is 1. The number of hydrogen-bond acceptors (Lipinski definition) is 1. The van der Waals surface area contributed by atoms with Crippen LogP contribution >= 0.6 is 0 Å². The Morgan fingerprint density at radius 1 is 1.25 bits per heavy atom. The third-order valence-electron chi connectivity index (χ3n) is 3.10. The van der Waals surface area contributed by atoms with E-state index in [2.05, 4.69) is 26.1 Å². The van der Waals surface area contributed by atoms with E-state index in [1.807, 2.05) is 0 Å². The lowest BCUT2D eigenvalue weighted by Crippen LogP contribution is -2.37. The largest absolute Gasteiger partial charge is 0.312 e. The normalized spacial score (nSPS) is 35.2. The molecule has 1 N–H and O–H groups in total. The predicted molar refractivity (Wildman–Crippen MR) is 52.1 cm³/mol. The highest BCUT2D eigenvalue weighted by atomic mass is 15.0. The van der Waals surface area contributed by atoms with E-state index in [0.29, 0.717) is 5.54 Å². The van der Waals surface area contributed by atoms with Gasteiger partial charge < -0.3 is 5.32 Å². The van der Waals surface area contributed by atoms with E-state index in [1.165, 1.54) is 25.8 Å². The van der Waals surface area contributed by atoms with Crippen molar-refractivity contribution in [2.24, 2.45) is 17.8 Å². The molecular weight excluding hydrogens is 146 g/mol. The maximum absolute atomic E-state index is 3.60. The van der Waals surface area contributed by atoms with Crippen LogP contribution in [-0.4, -0.2) is 12.1 Å². The molecule has 1 heteroatoms. The van der Waals surface area contributed by atoms with Gasteiger partial charge in [0.2, 0.25) is 0 Å². The van der Waals surface area contributed by atoms with Crippen molar-refractivity contribution in [1.29, 1.82) is 0 Å². The Morgan fingerprint density at radius 2 is 1.92 bits per heavy atom. The molecule has 0 heterocycles. The summed E-state index contributed by atoms with van der Waals surface area (Å²) in [5.74, 6) is 3.27. The van der Waals surface area contributed by atoms with Crippen LogP contribution < -0.4 is 5.32 Å². The molecule has 0 aromatic carbocycles. The highest BCUT2D eigenvalue weighted by Gasteiger charge is 2.46. The van der Waals surface area contributed by atoms with Gasteiger partial charge in [-0.3, -0.25) is 0 Å². The molecular formula is C11H21N. The fourth-order valence-electron chi connectivity index (χ4n) is 2.04. The van der Waals surface area contributed by atoms with Gasteiger partial charge in [0, 0.05) is 5.54 Å². The van der Waals surface area contributed by atoms with Crippen LogP contribution in [0.5, 0.6) is 0 Å². The van der Waals surface area contributed by atoms with E-state index >= 15 is 0 Å². The first-order valence-corrected chi connectivity index (χ1v) is 5.31. The van der Waals surface area contributed by atoms with E-state index in [-0.39, 0.29) is 0 Å². The van der Waals surface area contributed by atoms with Gasteiger partial charge >= 0.3 is 0 Å². The summed E-state index contributed by atoms with van der Waals surface area (Å²) in [6, 6.07) is 0. The summed E-state index contributed by atoms with van der Waals surface area (Å²) >= 11 is 0. The highest BCUT2D eigenvalue weighted by Crippen LogP contribution is 2.54. The van der Waals surface area contributed by atoms with Gasteiger partial charge in [-0.2, -0.15) is 0 Å². The van der Waals surface area contributed by atoms with Gasteiger partial charge in [-0.05, 0) is 64.3 Å². The molecule has 2 atom stereocenters. The molecule has 1 nitrogen and oxygen atoms in total. The summed E-state index contributed by atoms with van der Waals surface area (Å²) in [4.78, 5) is 0. The van der Waals surface area contributed by atoms with Crippen LogP contribution in [0.1, 0.15) is 40.0 Å². The Bertz CT molecular complexity index is 164. The molecule has 0 aliphatic heterocycles. The quantitative estimate of drug-likeness (QED) is 0.680. The first-order valence-electron chi connectivity index (χ1n) is 5.31. The van der Waals surface area contributed by atoms with Crippen LogP contribution in [0, 0.1) is 17.8 Å². The molecule has 2 saturated carbocycles. The molecule has 0 radical (unpaired) electrons. The Morgan fingerprint density at radius 3 is 2.42 bits per heavy atom. The minimum atomic E-state index is 0.316. The second-order valence-electron chi connectivity index (χ2n) is 5.63. The lowest BCUT2D eigenvalue weighted by Gasteiger charge is -2.20. The minimum absolute atomic E-state index is 0.316. The number of rotatable bonds is 3. The van der Waals surface area contributed by atoms with E-state index in [9.17, 15) is 0 Å². The van der Waals surface area contributed by atoms with Crippen molar-refractivity contribution in [2.75, 3.05) is 6.54 Å². The minimum Gasteiger partial charge on any atom is -0.312 e. The third kappa shape index (κ3) is 2.22. The molecule has 0 saturated heterocycles. The molecule has 2 rings (SSSR count). The molecule has 2 aliphatic rings. The van der Waals surface area contributed by atoms with Crippen LogP contribution in [-0.2, 0) is 0 Å². The van der Waals surface area contributed by atoms with Crippen molar-refractivity contribution < 1.29 is 0 Å². The molecule has 0 aromatic rings. The van der Waals surface area contributed by atoms with E-state index in [4.69, 9.17) is 0 Å². The van der Waals surface area contributed by atoms with Gasteiger partial charge in [0.05, 0.1) is 0 Å². The van der Waals surface area contributed by atoms with Crippen LogP contribution in [0.15, 0.2) is 0 Å². The molecule has 0 amide bonds. The summed E-state index contributed by atoms with van der Waals surface area (Å²) in [5.41, 5.74) is 0.316. The summed E-state index contributed by atoms with van der Waals surface area (Å²) in [7, 11) is 0. The van der Waals surface area contributed by atoms with Gasteiger partial charge in [0.25, 0.3) is 0 Å². The lowest BCUT2D eigenvalue weighted by atomic mass is 10.1. The smallest absolute Gasteiger partial charge is 0.00966 e. The molecule has 2 aliphatic carbocycles. The zero-order chi connectivity index (χ0) is 8.77. The lowest BCUT2D eigenvalue weighted by molar-refractivity contribution is 0.406. The Balaban J connectivity index is 1.63. The Labute approximate surface area is 75.9 Å². The van der Waals surface area contributed by atoms with Gasteiger partial charge in [0.1, 0.15) is 0 Å². The van der Waals surface area contributed by atoms with Crippen LogP contribution in [0.4, 0.5) is 0 Å². The Kier molecular flexibility index (Phi) is 1.95. The summed E-state index contributed by atoms with van der Waals surface area (Å²) in [6.45, 7) is 8.01. The van der Waals surface area contributed by atoms with Crippen molar-refractivity contribution in [3.05, 3.63) is 0 Å². The van der Waals surface area contributed by atoms with E-state index in [0.717, 1.165) is 17.8 Å². The molecule has 12 heavy (non-hydrogen) atoms. The maximum atomic E-state index is 3.60. The predicted octanol–water partition coefficient (Wildman–Crippen LogP) is 2.42. The summed E-state index contributed by atoms with van der Waals surface area (Å²) < 4.78 is 0. The van der Waals surface area contributed by atoms with Crippen molar-refractivity contribution in [3.63, 3.8) is 0 Å². The van der Waals surface area contributed by atoms with Crippen molar-refractivity contribution in [1.82, 2.24) is 5.32 Å². The fourth-order valence-corrected chi connectivity index (χ4v) is 2.04. The highest BCUT2D eigenvalue weighted by molar-refractivity contribution is 4.98. The first kappa shape index (κ1) is 8.55. The fraction of sp³-hybridized carbons (Fsp3) is 1.00. The molecule has 2 fully saturated rings. The van der Waals surface area contributed by atoms with Crippen molar-refractivity contribution in [2.45, 2.75) is 45.6 Å². The van der Waals surface area contributed by atoms with E-state index in [1.54, 1.807) is 0 Å². The van der Waals surface area contributed by atoms with Gasteiger partial charge in [-0.15, -0.1) is 0 Å².